The Morgan fingerprint density at radius 2 is 2.00 bits per heavy atom. The van der Waals surface area contributed by atoms with Crippen molar-refractivity contribution >= 4 is 17.3 Å². The van der Waals surface area contributed by atoms with E-state index in [0.29, 0.717) is 0 Å². The predicted molar refractivity (Wildman–Crippen MR) is 70.3 cm³/mol. The van der Waals surface area contributed by atoms with Crippen molar-refractivity contribution in [2.24, 2.45) is 5.92 Å². The molecule has 8 heteroatoms. The highest BCUT2D eigenvalue weighted by molar-refractivity contribution is 5.93. The number of nitrogens with zero attached hydrogens (tertiary/aromatic N) is 1. The van der Waals surface area contributed by atoms with E-state index < -0.39 is 34.1 Å². The summed E-state index contributed by atoms with van der Waals surface area (Å²) in [7, 11) is 0. The number of anilines is 1. The largest absolute Gasteiger partial charge is 0.502 e. The first-order valence-electron chi connectivity index (χ1n) is 6.44. The lowest BCUT2D eigenvalue weighted by atomic mass is 9.86. The lowest BCUT2D eigenvalue weighted by molar-refractivity contribution is -0.385. The molecule has 21 heavy (non-hydrogen) atoms. The van der Waals surface area contributed by atoms with E-state index in [9.17, 15) is 28.8 Å². The molecule has 0 bridgehead atoms. The first kappa shape index (κ1) is 15.1. The van der Waals surface area contributed by atoms with Gasteiger partial charge in [0.2, 0.25) is 11.8 Å². The summed E-state index contributed by atoms with van der Waals surface area (Å²) in [6, 6.07) is 3.45. The van der Waals surface area contributed by atoms with Crippen LogP contribution in [0.1, 0.15) is 25.7 Å². The summed E-state index contributed by atoms with van der Waals surface area (Å²) in [4.78, 5) is 21.9. The monoisotopic (exact) mass is 300 g/mol. The van der Waals surface area contributed by atoms with E-state index in [1.54, 1.807) is 0 Å². The van der Waals surface area contributed by atoms with Gasteiger partial charge in [-0.05, 0) is 25.0 Å². The molecule has 0 atom stereocenters. The van der Waals surface area contributed by atoms with Gasteiger partial charge >= 0.3 is 5.69 Å². The SMILES string of the molecule is O=C(Nc1ccc(O)c([N+](=O)[O-])c1)C1CCC(F)(F)CC1. The summed E-state index contributed by atoms with van der Waals surface area (Å²) in [6.45, 7) is 0. The highest BCUT2D eigenvalue weighted by atomic mass is 19.3. The minimum absolute atomic E-state index is 0.0824. The van der Waals surface area contributed by atoms with E-state index in [-0.39, 0.29) is 31.4 Å². The van der Waals surface area contributed by atoms with Gasteiger partial charge in [-0.15, -0.1) is 0 Å². The lowest BCUT2D eigenvalue weighted by Gasteiger charge is -2.27. The fraction of sp³-hybridized carbons (Fsp3) is 0.462. The van der Waals surface area contributed by atoms with Crippen LogP contribution < -0.4 is 5.32 Å². The van der Waals surface area contributed by atoms with Crippen molar-refractivity contribution < 1.29 is 23.6 Å². The molecule has 0 aromatic heterocycles. The van der Waals surface area contributed by atoms with Crippen LogP contribution in [0.2, 0.25) is 0 Å². The Morgan fingerprint density at radius 1 is 1.38 bits per heavy atom. The Morgan fingerprint density at radius 3 is 2.57 bits per heavy atom. The van der Waals surface area contributed by atoms with Crippen LogP contribution in [0.3, 0.4) is 0 Å². The van der Waals surface area contributed by atoms with Crippen molar-refractivity contribution in [2.45, 2.75) is 31.6 Å². The molecule has 1 fully saturated rings. The Kier molecular flexibility index (Phi) is 4.06. The van der Waals surface area contributed by atoms with E-state index >= 15 is 0 Å². The first-order valence-corrected chi connectivity index (χ1v) is 6.44. The summed E-state index contributed by atoms with van der Waals surface area (Å²) >= 11 is 0. The van der Waals surface area contributed by atoms with E-state index in [4.69, 9.17) is 0 Å². The number of halogens is 2. The summed E-state index contributed by atoms with van der Waals surface area (Å²) in [6.07, 6.45) is -0.500. The number of phenols is 1. The van der Waals surface area contributed by atoms with Crippen molar-refractivity contribution in [2.75, 3.05) is 5.32 Å². The van der Waals surface area contributed by atoms with Crippen molar-refractivity contribution in [1.82, 2.24) is 0 Å². The minimum Gasteiger partial charge on any atom is -0.502 e. The molecule has 2 N–H and O–H groups in total. The van der Waals surface area contributed by atoms with Crippen molar-refractivity contribution in [3.8, 4) is 5.75 Å². The fourth-order valence-electron chi connectivity index (χ4n) is 2.29. The van der Waals surface area contributed by atoms with Crippen molar-refractivity contribution in [3.05, 3.63) is 28.3 Å². The normalized spacial score (nSPS) is 18.2. The smallest absolute Gasteiger partial charge is 0.312 e. The fourth-order valence-corrected chi connectivity index (χ4v) is 2.29. The Balaban J connectivity index is 2.03. The van der Waals surface area contributed by atoms with Gasteiger partial charge in [-0.3, -0.25) is 14.9 Å². The average Bonchev–Trinajstić information content (AvgIpc) is 2.40. The van der Waals surface area contributed by atoms with E-state index in [2.05, 4.69) is 5.32 Å². The molecule has 0 heterocycles. The molecule has 0 saturated heterocycles. The van der Waals surface area contributed by atoms with Crippen LogP contribution in [0.4, 0.5) is 20.2 Å². The molecule has 0 unspecified atom stereocenters. The number of nitro benzene ring substituents is 1. The molecule has 1 amide bonds. The second-order valence-electron chi connectivity index (χ2n) is 5.08. The lowest BCUT2D eigenvalue weighted by Crippen LogP contribution is -2.31. The quantitative estimate of drug-likeness (QED) is 0.509. The van der Waals surface area contributed by atoms with Crippen LogP contribution >= 0.6 is 0 Å². The highest BCUT2D eigenvalue weighted by Crippen LogP contribution is 2.37. The molecule has 0 radical (unpaired) electrons. The number of nitro groups is 1. The van der Waals surface area contributed by atoms with Crippen LogP contribution in [-0.4, -0.2) is 21.9 Å². The molecule has 0 spiro atoms. The summed E-state index contributed by atoms with van der Waals surface area (Å²) < 4.78 is 26.0. The zero-order valence-electron chi connectivity index (χ0n) is 11.0. The van der Waals surface area contributed by atoms with Gasteiger partial charge < -0.3 is 10.4 Å². The van der Waals surface area contributed by atoms with Gasteiger partial charge in [0.05, 0.1) is 4.92 Å². The Hall–Kier alpha value is -2.25. The van der Waals surface area contributed by atoms with Gasteiger partial charge in [-0.25, -0.2) is 8.78 Å². The highest BCUT2D eigenvalue weighted by Gasteiger charge is 2.37. The van der Waals surface area contributed by atoms with E-state index in [1.807, 2.05) is 0 Å². The molecule has 114 valence electrons. The molecule has 1 aromatic rings. The third kappa shape index (κ3) is 3.65. The van der Waals surface area contributed by atoms with Crippen LogP contribution in [0.15, 0.2) is 18.2 Å². The summed E-state index contributed by atoms with van der Waals surface area (Å²) in [5.74, 6) is -4.19. The van der Waals surface area contributed by atoms with Crippen molar-refractivity contribution in [3.63, 3.8) is 0 Å². The standard InChI is InChI=1S/C13H14F2N2O4/c14-13(15)5-3-8(4-6-13)12(19)16-9-1-2-11(18)10(7-9)17(20)21/h1-2,7-8,18H,3-6H2,(H,16,19). The summed E-state index contributed by atoms with van der Waals surface area (Å²) in [5, 5.41) is 22.5. The number of alkyl halides is 2. The third-order valence-electron chi connectivity index (χ3n) is 3.53. The molecule has 0 aliphatic heterocycles. The Labute approximate surface area is 118 Å². The number of hydrogen-bond donors (Lipinski definition) is 2. The number of hydrogen-bond acceptors (Lipinski definition) is 4. The molecule has 6 nitrogen and oxygen atoms in total. The zero-order chi connectivity index (χ0) is 15.6. The van der Waals surface area contributed by atoms with Crippen LogP contribution in [-0.2, 0) is 4.79 Å². The molecular formula is C13H14F2N2O4. The van der Waals surface area contributed by atoms with Gasteiger partial charge in [0.25, 0.3) is 0 Å². The van der Waals surface area contributed by atoms with Gasteiger partial charge in [0.15, 0.2) is 5.75 Å². The van der Waals surface area contributed by atoms with E-state index in [0.717, 1.165) is 12.1 Å². The summed E-state index contributed by atoms with van der Waals surface area (Å²) in [5.41, 5.74) is -0.371. The number of amides is 1. The maximum absolute atomic E-state index is 13.0. The minimum atomic E-state index is -2.71. The number of phenolic OH excluding ortho intramolecular Hbond substituents is 1. The molecule has 1 aliphatic carbocycles. The molecule has 2 rings (SSSR count). The van der Waals surface area contributed by atoms with Crippen LogP contribution in [0.5, 0.6) is 5.75 Å². The number of carbonyl (C=O) groups is 1. The molecule has 1 aliphatic rings. The van der Waals surface area contributed by atoms with Crippen LogP contribution in [0, 0.1) is 16.0 Å². The third-order valence-corrected chi connectivity index (χ3v) is 3.53. The number of nitrogens with one attached hydrogen (secondary N) is 1. The number of benzene rings is 1. The van der Waals surface area contributed by atoms with Gasteiger partial charge in [0, 0.05) is 30.5 Å². The average molecular weight is 300 g/mol. The Bertz CT molecular complexity index is 567. The predicted octanol–water partition coefficient (Wildman–Crippen LogP) is 3.06. The number of carbonyl (C=O) groups excluding carboxylic acids is 1. The molecule has 1 saturated carbocycles. The second kappa shape index (κ2) is 5.63. The maximum Gasteiger partial charge on any atom is 0.312 e. The number of rotatable bonds is 3. The van der Waals surface area contributed by atoms with E-state index in [1.165, 1.54) is 6.07 Å². The first-order chi connectivity index (χ1) is 9.78. The second-order valence-corrected chi connectivity index (χ2v) is 5.08. The van der Waals surface area contributed by atoms with Crippen molar-refractivity contribution in [1.29, 1.82) is 0 Å². The topological polar surface area (TPSA) is 92.5 Å². The van der Waals surface area contributed by atoms with Crippen LogP contribution in [0.25, 0.3) is 0 Å². The maximum atomic E-state index is 13.0. The van der Waals surface area contributed by atoms with Gasteiger partial charge in [0.1, 0.15) is 0 Å². The molecule has 1 aromatic carbocycles. The van der Waals surface area contributed by atoms with Gasteiger partial charge in [-0.2, -0.15) is 0 Å². The van der Waals surface area contributed by atoms with Gasteiger partial charge in [-0.1, -0.05) is 0 Å². The zero-order valence-corrected chi connectivity index (χ0v) is 11.0. The number of aromatic hydroxyl groups is 1. The molecular weight excluding hydrogens is 286 g/mol.